The standard InChI is InChI=1S/C19H17N2O2S/c1-11(22)20-18-21-15-8-12(6-7-17(15)24-18)13-4-5-14-10-19(2,3)23-16(14)9-13/h4-7,9H,10H2,1-3H3,(H,20,21,22). The molecule has 0 saturated carbocycles. The van der Waals surface area contributed by atoms with Gasteiger partial charge >= 0.3 is 0 Å². The fourth-order valence-corrected chi connectivity index (χ4v) is 3.86. The molecule has 0 spiro atoms. The number of carbonyl (C=O) groups is 1. The summed E-state index contributed by atoms with van der Waals surface area (Å²) in [6, 6.07) is 13.7. The Bertz CT molecular complexity index is 959. The van der Waals surface area contributed by atoms with E-state index in [4.69, 9.17) is 4.74 Å². The maximum atomic E-state index is 11.2. The molecule has 121 valence electrons. The highest BCUT2D eigenvalue weighted by Gasteiger charge is 2.29. The van der Waals surface area contributed by atoms with Crippen LogP contribution in [0.25, 0.3) is 21.3 Å². The van der Waals surface area contributed by atoms with E-state index in [0.717, 1.165) is 33.5 Å². The quantitative estimate of drug-likeness (QED) is 0.752. The third-order valence-electron chi connectivity index (χ3n) is 3.97. The highest BCUT2D eigenvalue weighted by molar-refractivity contribution is 7.22. The second kappa shape index (κ2) is 5.31. The molecule has 0 unspecified atom stereocenters. The molecule has 0 aliphatic carbocycles. The molecule has 1 aromatic heterocycles. The molecule has 0 saturated heterocycles. The van der Waals surface area contributed by atoms with E-state index in [9.17, 15) is 4.79 Å². The predicted molar refractivity (Wildman–Crippen MR) is 96.6 cm³/mol. The minimum atomic E-state index is -0.142. The van der Waals surface area contributed by atoms with Crippen molar-refractivity contribution in [2.75, 3.05) is 5.32 Å². The van der Waals surface area contributed by atoms with Gasteiger partial charge in [0, 0.05) is 19.4 Å². The monoisotopic (exact) mass is 337 g/mol. The van der Waals surface area contributed by atoms with Gasteiger partial charge in [0.15, 0.2) is 5.13 Å². The van der Waals surface area contributed by atoms with Gasteiger partial charge in [-0.15, -0.1) is 0 Å². The normalized spacial score (nSPS) is 15.1. The number of fused-ring (bicyclic) bond motifs is 2. The third-order valence-corrected chi connectivity index (χ3v) is 4.91. The number of thiazole rings is 1. The first-order valence-electron chi connectivity index (χ1n) is 7.82. The average molecular weight is 337 g/mol. The summed E-state index contributed by atoms with van der Waals surface area (Å²) in [5.41, 5.74) is 3.90. The number of aromatic nitrogens is 1. The van der Waals surface area contributed by atoms with Crippen molar-refractivity contribution in [1.29, 1.82) is 0 Å². The highest BCUT2D eigenvalue weighted by atomic mass is 32.1. The van der Waals surface area contributed by atoms with Crippen LogP contribution in [0.1, 0.15) is 26.3 Å². The van der Waals surface area contributed by atoms with Gasteiger partial charge in [-0.2, -0.15) is 0 Å². The summed E-state index contributed by atoms with van der Waals surface area (Å²) < 4.78 is 7.02. The van der Waals surface area contributed by atoms with Gasteiger partial charge in [0.25, 0.3) is 0 Å². The lowest BCUT2D eigenvalue weighted by Gasteiger charge is -2.16. The van der Waals surface area contributed by atoms with Crippen molar-refractivity contribution in [2.45, 2.75) is 32.8 Å². The zero-order valence-corrected chi connectivity index (χ0v) is 14.6. The van der Waals surface area contributed by atoms with E-state index < -0.39 is 0 Å². The molecule has 1 aliphatic heterocycles. The van der Waals surface area contributed by atoms with Crippen molar-refractivity contribution in [3.05, 3.63) is 42.0 Å². The lowest BCUT2D eigenvalue weighted by Crippen LogP contribution is -2.24. The fraction of sp³-hybridized carbons (Fsp3) is 0.263. The van der Waals surface area contributed by atoms with Crippen LogP contribution in [0.5, 0.6) is 5.75 Å². The average Bonchev–Trinajstić information content (AvgIpc) is 3.02. The Hall–Kier alpha value is -2.40. The van der Waals surface area contributed by atoms with E-state index in [-0.39, 0.29) is 11.5 Å². The first kappa shape index (κ1) is 15.1. The Labute approximate surface area is 144 Å². The molecule has 1 N–H and O–H groups in total. The maximum absolute atomic E-state index is 11.2. The second-order valence-electron chi connectivity index (χ2n) is 6.65. The van der Waals surface area contributed by atoms with E-state index in [1.54, 1.807) is 0 Å². The molecule has 0 bridgehead atoms. The number of rotatable bonds is 2. The number of nitrogens with one attached hydrogen (secondary N) is 1. The lowest BCUT2D eigenvalue weighted by atomic mass is 9.99. The van der Waals surface area contributed by atoms with Crippen LogP contribution in [-0.2, 0) is 11.2 Å². The molecule has 1 aliphatic rings. The molecule has 24 heavy (non-hydrogen) atoms. The summed E-state index contributed by atoms with van der Waals surface area (Å²) in [5, 5.41) is 3.33. The largest absolute Gasteiger partial charge is 0.487 e. The summed E-state index contributed by atoms with van der Waals surface area (Å²) in [6.07, 6.45) is 0.928. The highest BCUT2D eigenvalue weighted by Crippen LogP contribution is 2.38. The van der Waals surface area contributed by atoms with Gasteiger partial charge in [0.05, 0.1) is 10.2 Å². The van der Waals surface area contributed by atoms with Crippen molar-refractivity contribution in [2.24, 2.45) is 0 Å². The SMILES string of the molecule is CC(=O)Nc1nc2[c]c(-c3ccc4c(c3)OC(C)(C)C4)ccc2s1. The minimum absolute atomic E-state index is 0.118. The van der Waals surface area contributed by atoms with E-state index in [1.807, 2.05) is 12.1 Å². The number of ether oxygens (including phenoxy) is 1. The van der Waals surface area contributed by atoms with E-state index in [0.29, 0.717) is 5.13 Å². The Kier molecular flexibility index (Phi) is 3.35. The molecule has 2 heterocycles. The van der Waals surface area contributed by atoms with Gasteiger partial charge in [-0.25, -0.2) is 4.98 Å². The molecule has 4 nitrogen and oxygen atoms in total. The smallest absolute Gasteiger partial charge is 0.223 e. The van der Waals surface area contributed by atoms with Crippen molar-refractivity contribution in [3.63, 3.8) is 0 Å². The van der Waals surface area contributed by atoms with Gasteiger partial charge in [0.1, 0.15) is 11.4 Å². The number of anilines is 1. The predicted octanol–water partition coefficient (Wildman–Crippen LogP) is 4.44. The van der Waals surface area contributed by atoms with Gasteiger partial charge in [-0.1, -0.05) is 29.5 Å². The van der Waals surface area contributed by atoms with Gasteiger partial charge < -0.3 is 10.1 Å². The number of hydrogen-bond donors (Lipinski definition) is 1. The topological polar surface area (TPSA) is 51.2 Å². The zero-order chi connectivity index (χ0) is 16.9. The van der Waals surface area contributed by atoms with Gasteiger partial charge in [-0.3, -0.25) is 4.79 Å². The number of hydrogen-bond acceptors (Lipinski definition) is 4. The first-order valence-corrected chi connectivity index (χ1v) is 8.64. The summed E-state index contributed by atoms with van der Waals surface area (Å²) >= 11 is 1.45. The van der Waals surface area contributed by atoms with E-state index in [2.05, 4.69) is 48.4 Å². The molecule has 4 rings (SSSR count). The Morgan fingerprint density at radius 1 is 1.33 bits per heavy atom. The number of benzene rings is 2. The van der Waals surface area contributed by atoms with Crippen LogP contribution in [0, 0.1) is 6.07 Å². The molecular weight excluding hydrogens is 320 g/mol. The molecule has 2 aromatic carbocycles. The molecule has 0 fully saturated rings. The second-order valence-corrected chi connectivity index (χ2v) is 7.68. The van der Waals surface area contributed by atoms with Crippen molar-refractivity contribution < 1.29 is 9.53 Å². The minimum Gasteiger partial charge on any atom is -0.487 e. The molecule has 5 heteroatoms. The zero-order valence-electron chi connectivity index (χ0n) is 13.8. The van der Waals surface area contributed by atoms with Crippen LogP contribution in [0.2, 0.25) is 0 Å². The molecule has 0 atom stereocenters. The Morgan fingerprint density at radius 2 is 2.17 bits per heavy atom. The Balaban J connectivity index is 1.71. The fourth-order valence-electron chi connectivity index (χ4n) is 2.99. The van der Waals surface area contributed by atoms with Crippen molar-refractivity contribution in [1.82, 2.24) is 4.98 Å². The van der Waals surface area contributed by atoms with Gasteiger partial charge in [0.2, 0.25) is 5.91 Å². The van der Waals surface area contributed by atoms with Crippen LogP contribution in [0.3, 0.4) is 0 Å². The van der Waals surface area contributed by atoms with Crippen LogP contribution >= 0.6 is 11.3 Å². The van der Waals surface area contributed by atoms with Crippen LogP contribution < -0.4 is 10.1 Å². The van der Waals surface area contributed by atoms with E-state index in [1.165, 1.54) is 23.8 Å². The third kappa shape index (κ3) is 2.76. The summed E-state index contributed by atoms with van der Waals surface area (Å²) in [4.78, 5) is 15.6. The number of nitrogens with zero attached hydrogens (tertiary/aromatic N) is 1. The Morgan fingerprint density at radius 3 is 2.96 bits per heavy atom. The lowest BCUT2D eigenvalue weighted by molar-refractivity contribution is -0.114. The molecule has 1 radical (unpaired) electrons. The van der Waals surface area contributed by atoms with Crippen molar-refractivity contribution in [3.8, 4) is 16.9 Å². The van der Waals surface area contributed by atoms with E-state index >= 15 is 0 Å². The van der Waals surface area contributed by atoms with Crippen LogP contribution in [-0.4, -0.2) is 16.5 Å². The van der Waals surface area contributed by atoms with Crippen LogP contribution in [0.4, 0.5) is 5.13 Å². The molecular formula is C19H17N2O2S. The number of amides is 1. The summed E-state index contributed by atoms with van der Waals surface area (Å²) in [6.45, 7) is 5.68. The summed E-state index contributed by atoms with van der Waals surface area (Å²) in [5.74, 6) is 0.830. The molecule has 1 amide bonds. The maximum Gasteiger partial charge on any atom is 0.223 e. The molecule has 3 aromatic rings. The van der Waals surface area contributed by atoms with Crippen LogP contribution in [0.15, 0.2) is 30.3 Å². The first-order chi connectivity index (χ1) is 11.4. The number of carbonyl (C=O) groups excluding carboxylic acids is 1. The summed E-state index contributed by atoms with van der Waals surface area (Å²) in [7, 11) is 0. The van der Waals surface area contributed by atoms with Crippen molar-refractivity contribution >= 4 is 32.6 Å². The van der Waals surface area contributed by atoms with Gasteiger partial charge in [-0.05, 0) is 42.7 Å².